The van der Waals surface area contributed by atoms with Gasteiger partial charge in [-0.1, -0.05) is 30.0 Å². The first-order valence-corrected chi connectivity index (χ1v) is 8.83. The van der Waals surface area contributed by atoms with Crippen molar-refractivity contribution in [2.75, 3.05) is 6.61 Å². The van der Waals surface area contributed by atoms with E-state index < -0.39 is 54.1 Å². The van der Waals surface area contributed by atoms with Crippen LogP contribution in [0.5, 0.6) is 0 Å². The topological polar surface area (TPSA) is 154 Å². The molecular weight excluding hydrogens is 362 g/mol. The van der Waals surface area contributed by atoms with Gasteiger partial charge in [-0.3, -0.25) is 15.0 Å². The number of likely N-dealkylation sites (tertiary alicyclic amines) is 1. The molecule has 0 radical (unpaired) electrons. The molecule has 0 unspecified atom stereocenters. The third kappa shape index (κ3) is 3.10. The number of benzene rings is 1. The molecule has 1 aromatic carbocycles. The van der Waals surface area contributed by atoms with Crippen molar-refractivity contribution in [2.45, 2.75) is 35.6 Å². The van der Waals surface area contributed by atoms with Gasteiger partial charge in [0.15, 0.2) is 5.17 Å². The molecule has 9 nitrogen and oxygen atoms in total. The molecule has 3 rings (SSSR count). The predicted molar refractivity (Wildman–Crippen MR) is 92.5 cm³/mol. The summed E-state index contributed by atoms with van der Waals surface area (Å²) in [6.45, 7) is -0.769. The van der Waals surface area contributed by atoms with E-state index in [9.17, 15) is 30.0 Å². The summed E-state index contributed by atoms with van der Waals surface area (Å²) in [5.74, 6) is -1.32. The van der Waals surface area contributed by atoms with Crippen molar-refractivity contribution in [1.29, 1.82) is 5.41 Å². The number of carbonyl (C=O) groups excluding carboxylic acids is 2. The molecule has 0 aliphatic carbocycles. The minimum atomic E-state index is -1.60. The number of fused-ring (bicyclic) bond motifs is 1. The van der Waals surface area contributed by atoms with Gasteiger partial charge in [-0.2, -0.15) is 0 Å². The van der Waals surface area contributed by atoms with Crippen LogP contribution in [0, 0.1) is 5.41 Å². The Bertz CT molecular complexity index is 717. The molecule has 2 aliphatic rings. The van der Waals surface area contributed by atoms with Crippen molar-refractivity contribution in [3.05, 3.63) is 35.9 Å². The fourth-order valence-corrected chi connectivity index (χ4v) is 4.48. The Balaban J connectivity index is 2.08. The molecule has 26 heavy (non-hydrogen) atoms. The third-order valence-corrected chi connectivity index (χ3v) is 5.71. The lowest BCUT2D eigenvalue weighted by atomic mass is 9.85. The first kappa shape index (κ1) is 18.8. The maximum Gasteiger partial charge on any atom is 0.255 e. The van der Waals surface area contributed by atoms with Gasteiger partial charge in [0, 0.05) is 5.56 Å². The van der Waals surface area contributed by atoms with E-state index in [1.807, 2.05) is 0 Å². The van der Waals surface area contributed by atoms with Crippen molar-refractivity contribution >= 4 is 28.7 Å². The first-order chi connectivity index (χ1) is 12.4. The van der Waals surface area contributed by atoms with Gasteiger partial charge in [0.2, 0.25) is 5.91 Å². The number of aliphatic hydroxyl groups excluding tert-OH is 4. The number of hydrogen-bond acceptors (Lipinski definition) is 8. The number of hydrogen-bond donors (Lipinski definition) is 6. The summed E-state index contributed by atoms with van der Waals surface area (Å²) in [4.78, 5) is 26.6. The number of amides is 2. The molecule has 2 aliphatic heterocycles. The van der Waals surface area contributed by atoms with Crippen LogP contribution in [-0.4, -0.2) is 84.6 Å². The normalized spacial score (nSPS) is 32.6. The average molecular weight is 381 g/mol. The number of aliphatic hydroxyl groups is 4. The molecule has 6 atom stereocenters. The second-order valence-corrected chi connectivity index (χ2v) is 7.33. The standard InChI is InChI=1S/C16H19N3O6S/c17-16-18-14(24)10-13(26-16)12(23)11(22)9(8(21)6-20)19(10)15(25)7-4-2-1-3-5-7/h1-5,8-13,20-23H,6H2,(H2,17,18,24)/t8-,9+,10+,11+,12-,13+/m0/s1. The van der Waals surface area contributed by atoms with Crippen LogP contribution < -0.4 is 5.32 Å². The molecule has 0 bridgehead atoms. The van der Waals surface area contributed by atoms with Crippen LogP contribution in [0.2, 0.25) is 0 Å². The van der Waals surface area contributed by atoms with Gasteiger partial charge >= 0.3 is 0 Å². The Labute approximate surface area is 153 Å². The Morgan fingerprint density at radius 2 is 1.92 bits per heavy atom. The maximum atomic E-state index is 13.1. The highest BCUT2D eigenvalue weighted by atomic mass is 32.2. The van der Waals surface area contributed by atoms with Crippen LogP contribution in [-0.2, 0) is 4.79 Å². The number of piperidine rings is 1. The van der Waals surface area contributed by atoms with Gasteiger partial charge in [0.1, 0.15) is 18.2 Å². The first-order valence-electron chi connectivity index (χ1n) is 7.95. The minimum Gasteiger partial charge on any atom is -0.394 e. The maximum absolute atomic E-state index is 13.1. The highest BCUT2D eigenvalue weighted by Gasteiger charge is 2.57. The van der Waals surface area contributed by atoms with Crippen molar-refractivity contribution in [2.24, 2.45) is 0 Å². The van der Waals surface area contributed by atoms with Crippen molar-refractivity contribution in [3.8, 4) is 0 Å². The van der Waals surface area contributed by atoms with Gasteiger partial charge < -0.3 is 30.6 Å². The van der Waals surface area contributed by atoms with Crippen LogP contribution in [0.3, 0.4) is 0 Å². The predicted octanol–water partition coefficient (Wildman–Crippen LogP) is -1.88. The molecule has 0 saturated carbocycles. The van der Waals surface area contributed by atoms with Crippen LogP contribution in [0.1, 0.15) is 10.4 Å². The number of thioether (sulfide) groups is 1. The summed E-state index contributed by atoms with van der Waals surface area (Å²) in [5.41, 5.74) is 0.225. The van der Waals surface area contributed by atoms with E-state index in [0.29, 0.717) is 0 Å². The van der Waals surface area contributed by atoms with Crippen molar-refractivity contribution in [3.63, 3.8) is 0 Å². The molecule has 0 spiro atoms. The van der Waals surface area contributed by atoms with Gasteiger partial charge in [-0.15, -0.1) is 0 Å². The zero-order valence-corrected chi connectivity index (χ0v) is 14.3. The molecule has 2 heterocycles. The molecule has 2 amide bonds. The summed E-state index contributed by atoms with van der Waals surface area (Å²) in [5, 5.41) is 49.2. The molecular formula is C16H19N3O6S. The fourth-order valence-electron chi connectivity index (χ4n) is 3.36. The summed E-state index contributed by atoms with van der Waals surface area (Å²) >= 11 is 0.827. The van der Waals surface area contributed by atoms with Crippen molar-refractivity contribution < 1.29 is 30.0 Å². The number of rotatable bonds is 3. The molecule has 10 heteroatoms. The second kappa shape index (κ2) is 7.33. The van der Waals surface area contributed by atoms with Crippen LogP contribution in [0.15, 0.2) is 30.3 Å². The molecule has 0 aromatic heterocycles. The molecule has 1 aromatic rings. The Kier molecular flexibility index (Phi) is 5.30. The van der Waals surface area contributed by atoms with E-state index in [0.717, 1.165) is 16.7 Å². The number of carbonyl (C=O) groups is 2. The smallest absolute Gasteiger partial charge is 0.255 e. The zero-order valence-electron chi connectivity index (χ0n) is 13.5. The van der Waals surface area contributed by atoms with E-state index >= 15 is 0 Å². The van der Waals surface area contributed by atoms with Crippen molar-refractivity contribution in [1.82, 2.24) is 10.2 Å². The highest BCUT2D eigenvalue weighted by Crippen LogP contribution is 2.37. The quantitative estimate of drug-likeness (QED) is 0.358. The zero-order chi connectivity index (χ0) is 19.0. The number of nitrogens with zero attached hydrogens (tertiary/aromatic N) is 1. The lowest BCUT2D eigenvalue weighted by Crippen LogP contribution is -2.74. The van der Waals surface area contributed by atoms with Gasteiger partial charge in [0.25, 0.3) is 5.91 Å². The van der Waals surface area contributed by atoms with Crippen LogP contribution in [0.4, 0.5) is 0 Å². The Hall–Kier alpha value is -1.98. The van der Waals surface area contributed by atoms with E-state index in [1.54, 1.807) is 18.2 Å². The fraction of sp³-hybridized carbons (Fsp3) is 0.438. The summed E-state index contributed by atoms with van der Waals surface area (Å²) < 4.78 is 0. The lowest BCUT2D eigenvalue weighted by molar-refractivity contribution is -0.145. The SMILES string of the molecule is N=C1NC(=O)[C@H]2[C@@H](S1)[C@@H](O)[C@H](O)[C@@H]([C@@H](O)CO)N2C(=O)c1ccccc1. The van der Waals surface area contributed by atoms with E-state index in [4.69, 9.17) is 5.41 Å². The lowest BCUT2D eigenvalue weighted by Gasteiger charge is -2.52. The van der Waals surface area contributed by atoms with E-state index in [2.05, 4.69) is 5.32 Å². The van der Waals surface area contributed by atoms with Gasteiger partial charge in [-0.25, -0.2) is 0 Å². The summed E-state index contributed by atoms with van der Waals surface area (Å²) in [6.07, 6.45) is -4.63. The highest BCUT2D eigenvalue weighted by molar-refractivity contribution is 8.14. The average Bonchev–Trinajstić information content (AvgIpc) is 2.64. The molecule has 2 saturated heterocycles. The largest absolute Gasteiger partial charge is 0.394 e. The monoisotopic (exact) mass is 381 g/mol. The van der Waals surface area contributed by atoms with E-state index in [1.165, 1.54) is 12.1 Å². The molecule has 2 fully saturated rings. The molecule has 140 valence electrons. The summed E-state index contributed by atoms with van der Waals surface area (Å²) in [6, 6.07) is 5.40. The Morgan fingerprint density at radius 1 is 1.27 bits per heavy atom. The minimum absolute atomic E-state index is 0.198. The number of amidine groups is 1. The van der Waals surface area contributed by atoms with Gasteiger partial charge in [-0.05, 0) is 12.1 Å². The summed E-state index contributed by atoms with van der Waals surface area (Å²) in [7, 11) is 0. The van der Waals surface area contributed by atoms with Gasteiger partial charge in [0.05, 0.1) is 24.0 Å². The van der Waals surface area contributed by atoms with Crippen LogP contribution >= 0.6 is 11.8 Å². The molecule has 6 N–H and O–H groups in total. The van der Waals surface area contributed by atoms with Crippen LogP contribution in [0.25, 0.3) is 0 Å². The van der Waals surface area contributed by atoms with E-state index in [-0.39, 0.29) is 10.7 Å². The second-order valence-electron chi connectivity index (χ2n) is 6.15. The number of nitrogens with one attached hydrogen (secondary N) is 2. The third-order valence-electron chi connectivity index (χ3n) is 4.56. The Morgan fingerprint density at radius 3 is 2.54 bits per heavy atom.